The van der Waals surface area contributed by atoms with Crippen molar-refractivity contribution in [1.82, 2.24) is 14.9 Å². The molecular weight excluding hydrogens is 487 g/mol. The van der Waals surface area contributed by atoms with Gasteiger partial charge >= 0.3 is 6.18 Å². The summed E-state index contributed by atoms with van der Waals surface area (Å²) in [5.41, 5.74) is 6.64. The fraction of sp³-hybridized carbons (Fsp3) is 0.269. The molecule has 3 heterocycles. The smallest absolute Gasteiger partial charge is 0.384 e. The Morgan fingerprint density at radius 2 is 1.84 bits per heavy atom. The van der Waals surface area contributed by atoms with Crippen molar-refractivity contribution < 1.29 is 27.6 Å². The maximum atomic E-state index is 13.9. The van der Waals surface area contributed by atoms with E-state index in [0.717, 1.165) is 6.20 Å². The van der Waals surface area contributed by atoms with Gasteiger partial charge in [-0.2, -0.15) is 13.2 Å². The Hall–Kier alpha value is -4.28. The van der Waals surface area contributed by atoms with E-state index in [9.17, 15) is 27.6 Å². The van der Waals surface area contributed by atoms with Crippen LogP contribution in [0.5, 0.6) is 0 Å². The molecular formula is C26H24F3N5O3. The van der Waals surface area contributed by atoms with Gasteiger partial charge in [-0.15, -0.1) is 0 Å². The number of nitrogens with zero attached hydrogens (tertiary/aromatic N) is 4. The number of likely N-dealkylation sites (N-methyl/N-ethyl adjacent to an activating group) is 1. The number of carbonyl (C=O) groups excluding carboxylic acids is 3. The lowest BCUT2D eigenvalue weighted by Gasteiger charge is -2.46. The average molecular weight is 512 g/mol. The highest BCUT2D eigenvalue weighted by Crippen LogP contribution is 2.40. The highest BCUT2D eigenvalue weighted by Gasteiger charge is 2.56. The number of para-hydroxylation sites is 1. The van der Waals surface area contributed by atoms with E-state index in [4.69, 9.17) is 5.73 Å². The number of halogens is 3. The molecule has 2 aromatic heterocycles. The SMILES string of the molecule is CN(C(=O)[C@@H]1[C@@H](Cc2ccnc(N)c2)C(=O)N1C(=O)C[C@@H](c1cccnc1)C(F)(F)F)c1ccccc1. The summed E-state index contributed by atoms with van der Waals surface area (Å²) >= 11 is 0. The minimum absolute atomic E-state index is 0.0691. The third-order valence-corrected chi connectivity index (χ3v) is 6.37. The number of aromatic nitrogens is 2. The zero-order valence-electron chi connectivity index (χ0n) is 19.8. The number of hydrogen-bond donors (Lipinski definition) is 1. The first-order valence-corrected chi connectivity index (χ1v) is 11.4. The number of rotatable bonds is 7. The topological polar surface area (TPSA) is 109 Å². The third-order valence-electron chi connectivity index (χ3n) is 6.37. The molecule has 192 valence electrons. The number of carbonyl (C=O) groups is 3. The molecule has 1 aromatic carbocycles. The van der Waals surface area contributed by atoms with Gasteiger partial charge in [0.2, 0.25) is 11.8 Å². The number of alkyl halides is 3. The van der Waals surface area contributed by atoms with Gasteiger partial charge in [0.05, 0.1) is 11.8 Å². The molecule has 1 fully saturated rings. The predicted octanol–water partition coefficient (Wildman–Crippen LogP) is 3.35. The molecule has 1 aliphatic heterocycles. The number of nitrogens with two attached hydrogens (primary N) is 1. The number of β-lactam (4-membered cyclic amide) rings is 1. The Kier molecular flexibility index (Phi) is 7.23. The van der Waals surface area contributed by atoms with E-state index in [0.29, 0.717) is 16.2 Å². The van der Waals surface area contributed by atoms with Crippen LogP contribution in [0.1, 0.15) is 23.5 Å². The van der Waals surface area contributed by atoms with Crippen LogP contribution in [0, 0.1) is 5.92 Å². The standard InChI is InChI=1S/C26H24F3N5O3/c1-33(18-7-3-2-4-8-18)25(37)23-19(12-16-9-11-32-21(30)13-16)24(36)34(23)22(35)14-20(26(27,28)29)17-6-5-10-31-15-17/h2-11,13,15,19-20,23H,12,14H2,1H3,(H2,30,32)/t19-,20+,23+/m1/s1. The average Bonchev–Trinajstić information content (AvgIpc) is 2.88. The number of anilines is 2. The zero-order chi connectivity index (χ0) is 26.7. The summed E-state index contributed by atoms with van der Waals surface area (Å²) in [6.07, 6.45) is -1.92. The molecule has 0 spiro atoms. The fourth-order valence-corrected chi connectivity index (χ4v) is 4.44. The molecule has 37 heavy (non-hydrogen) atoms. The molecule has 4 rings (SSSR count). The Balaban J connectivity index is 1.63. The summed E-state index contributed by atoms with van der Waals surface area (Å²) in [7, 11) is 1.48. The lowest BCUT2D eigenvalue weighted by atomic mass is 9.80. The van der Waals surface area contributed by atoms with Crippen molar-refractivity contribution in [2.24, 2.45) is 5.92 Å². The fourth-order valence-electron chi connectivity index (χ4n) is 4.44. The van der Waals surface area contributed by atoms with Crippen LogP contribution in [0.2, 0.25) is 0 Å². The molecule has 1 saturated heterocycles. The Morgan fingerprint density at radius 3 is 2.46 bits per heavy atom. The molecule has 1 aliphatic rings. The number of hydrogen-bond acceptors (Lipinski definition) is 6. The van der Waals surface area contributed by atoms with E-state index in [1.54, 1.807) is 42.5 Å². The first-order chi connectivity index (χ1) is 17.6. The molecule has 11 heteroatoms. The van der Waals surface area contributed by atoms with Crippen molar-refractivity contribution in [3.63, 3.8) is 0 Å². The second-order valence-corrected chi connectivity index (χ2v) is 8.76. The monoisotopic (exact) mass is 511 g/mol. The largest absolute Gasteiger partial charge is 0.396 e. The van der Waals surface area contributed by atoms with Crippen LogP contribution in [-0.4, -0.2) is 51.9 Å². The van der Waals surface area contributed by atoms with Crippen molar-refractivity contribution in [2.45, 2.75) is 31.0 Å². The normalized spacial score (nSPS) is 18.2. The van der Waals surface area contributed by atoms with Crippen LogP contribution in [0.3, 0.4) is 0 Å². The number of nitrogen functional groups attached to an aromatic ring is 1. The van der Waals surface area contributed by atoms with Crippen LogP contribution >= 0.6 is 0 Å². The molecule has 3 aromatic rings. The van der Waals surface area contributed by atoms with Gasteiger partial charge in [-0.1, -0.05) is 24.3 Å². The lowest BCUT2D eigenvalue weighted by Crippen LogP contribution is -2.69. The number of amides is 3. The Morgan fingerprint density at radius 1 is 1.11 bits per heavy atom. The van der Waals surface area contributed by atoms with Gasteiger partial charge in [-0.05, 0) is 47.9 Å². The van der Waals surface area contributed by atoms with Gasteiger partial charge in [-0.3, -0.25) is 24.3 Å². The minimum Gasteiger partial charge on any atom is -0.384 e. The maximum Gasteiger partial charge on any atom is 0.396 e. The molecule has 8 nitrogen and oxygen atoms in total. The van der Waals surface area contributed by atoms with Gasteiger partial charge in [0, 0.05) is 37.7 Å². The van der Waals surface area contributed by atoms with Crippen LogP contribution in [0.4, 0.5) is 24.7 Å². The molecule has 0 radical (unpaired) electrons. The van der Waals surface area contributed by atoms with E-state index >= 15 is 0 Å². The van der Waals surface area contributed by atoms with E-state index in [2.05, 4.69) is 9.97 Å². The summed E-state index contributed by atoms with van der Waals surface area (Å²) in [5, 5.41) is 0. The molecule has 2 N–H and O–H groups in total. The molecule has 0 aliphatic carbocycles. The minimum atomic E-state index is -4.76. The summed E-state index contributed by atoms with van der Waals surface area (Å²) in [6.45, 7) is 0. The van der Waals surface area contributed by atoms with Gasteiger partial charge in [0.25, 0.3) is 5.91 Å². The summed E-state index contributed by atoms with van der Waals surface area (Å²) in [5.74, 6) is -5.30. The number of imide groups is 1. The maximum absolute atomic E-state index is 13.9. The van der Waals surface area contributed by atoms with Gasteiger partial charge in [0.15, 0.2) is 0 Å². The van der Waals surface area contributed by atoms with Crippen molar-refractivity contribution in [1.29, 1.82) is 0 Å². The second-order valence-electron chi connectivity index (χ2n) is 8.76. The van der Waals surface area contributed by atoms with Gasteiger partial charge < -0.3 is 10.6 Å². The summed E-state index contributed by atoms with van der Waals surface area (Å²) in [6, 6.07) is 13.0. The van der Waals surface area contributed by atoms with E-state index in [1.165, 1.54) is 36.5 Å². The number of benzene rings is 1. The second kappa shape index (κ2) is 10.4. The quantitative estimate of drug-likeness (QED) is 0.488. The molecule has 3 atom stereocenters. The van der Waals surface area contributed by atoms with Crippen LogP contribution in [0.25, 0.3) is 0 Å². The van der Waals surface area contributed by atoms with Crippen molar-refractivity contribution in [2.75, 3.05) is 17.7 Å². The Labute approximate surface area is 210 Å². The number of likely N-dealkylation sites (tertiary alicyclic amines) is 1. The molecule has 3 amide bonds. The van der Waals surface area contributed by atoms with E-state index < -0.39 is 48.2 Å². The van der Waals surface area contributed by atoms with Crippen LogP contribution in [-0.2, 0) is 20.8 Å². The summed E-state index contributed by atoms with van der Waals surface area (Å²) < 4.78 is 41.6. The Bertz CT molecular complexity index is 1290. The first kappa shape index (κ1) is 25.8. The van der Waals surface area contributed by atoms with E-state index in [-0.39, 0.29) is 17.8 Å². The van der Waals surface area contributed by atoms with E-state index in [1.807, 2.05) is 0 Å². The number of pyridine rings is 2. The van der Waals surface area contributed by atoms with Crippen molar-refractivity contribution in [3.05, 3.63) is 84.3 Å². The molecule has 0 saturated carbocycles. The van der Waals surface area contributed by atoms with Crippen molar-refractivity contribution in [3.8, 4) is 0 Å². The highest BCUT2D eigenvalue weighted by molar-refractivity contribution is 6.13. The third kappa shape index (κ3) is 5.45. The predicted molar refractivity (Wildman–Crippen MR) is 129 cm³/mol. The lowest BCUT2D eigenvalue weighted by molar-refractivity contribution is -0.176. The van der Waals surface area contributed by atoms with Crippen LogP contribution in [0.15, 0.2) is 73.2 Å². The van der Waals surface area contributed by atoms with Crippen LogP contribution < -0.4 is 10.6 Å². The molecule has 0 unspecified atom stereocenters. The van der Waals surface area contributed by atoms with Gasteiger partial charge in [0.1, 0.15) is 11.9 Å². The highest BCUT2D eigenvalue weighted by atomic mass is 19.4. The zero-order valence-corrected chi connectivity index (χ0v) is 19.8. The van der Waals surface area contributed by atoms with Gasteiger partial charge in [-0.25, -0.2) is 4.98 Å². The van der Waals surface area contributed by atoms with Crippen molar-refractivity contribution >= 4 is 29.2 Å². The molecule has 0 bridgehead atoms. The summed E-state index contributed by atoms with van der Waals surface area (Å²) in [4.78, 5) is 49.4. The first-order valence-electron chi connectivity index (χ1n) is 11.4.